The molecule has 0 saturated heterocycles. The number of carbonyl (C=O) groups is 1. The molecule has 2 atom stereocenters. The van der Waals surface area contributed by atoms with Gasteiger partial charge in [0.15, 0.2) is 0 Å². The van der Waals surface area contributed by atoms with Crippen LogP contribution in [0.1, 0.15) is 69.4 Å². The number of aryl methyl sites for hydroxylation is 2. The first-order chi connectivity index (χ1) is 12.6. The summed E-state index contributed by atoms with van der Waals surface area (Å²) in [7, 11) is 0. The summed E-state index contributed by atoms with van der Waals surface area (Å²) in [6, 6.07) is 10.2. The van der Waals surface area contributed by atoms with E-state index in [1.165, 1.54) is 34.5 Å². The third kappa shape index (κ3) is 3.49. The molecule has 2 aromatic rings. The van der Waals surface area contributed by atoms with Crippen LogP contribution in [0.2, 0.25) is 0 Å². The minimum absolute atomic E-state index is 0.283. The van der Waals surface area contributed by atoms with Gasteiger partial charge in [-0.2, -0.15) is 0 Å². The standard InChI is InChI=1S/C22H24O3S/c23-20-11-8-16-13-15(7-10-19(16)20)18-6-2-4-14(18)3-1-5-17-9-12-21(26-17)22(24)25/h6-7,9-10,12-14,20,23H,1-5,8,11H2,(H,24,25)/t14-,20?/m0/s1. The van der Waals surface area contributed by atoms with Crippen molar-refractivity contribution in [1.82, 2.24) is 0 Å². The lowest BCUT2D eigenvalue weighted by Crippen LogP contribution is -2.01. The molecule has 2 aliphatic carbocycles. The third-order valence-electron chi connectivity index (χ3n) is 5.69. The van der Waals surface area contributed by atoms with Crippen LogP contribution < -0.4 is 0 Å². The summed E-state index contributed by atoms with van der Waals surface area (Å²) < 4.78 is 0. The highest BCUT2D eigenvalue weighted by molar-refractivity contribution is 7.13. The smallest absolute Gasteiger partial charge is 0.345 e. The molecular formula is C22H24O3S. The average Bonchev–Trinajstić information content (AvgIpc) is 3.35. The number of aliphatic hydroxyl groups excluding tert-OH is 1. The van der Waals surface area contributed by atoms with Gasteiger partial charge < -0.3 is 10.2 Å². The molecule has 26 heavy (non-hydrogen) atoms. The van der Waals surface area contributed by atoms with E-state index >= 15 is 0 Å². The Morgan fingerprint density at radius 2 is 2.08 bits per heavy atom. The first-order valence-electron chi connectivity index (χ1n) is 9.45. The fourth-order valence-electron chi connectivity index (χ4n) is 4.34. The average molecular weight is 368 g/mol. The van der Waals surface area contributed by atoms with Crippen LogP contribution in [0.4, 0.5) is 0 Å². The molecule has 4 heteroatoms. The maximum atomic E-state index is 11.0. The fraction of sp³-hybridized carbons (Fsp3) is 0.409. The predicted molar refractivity (Wildman–Crippen MR) is 105 cm³/mol. The van der Waals surface area contributed by atoms with Crippen LogP contribution in [0.3, 0.4) is 0 Å². The summed E-state index contributed by atoms with van der Waals surface area (Å²) in [5, 5.41) is 19.0. The lowest BCUT2D eigenvalue weighted by molar-refractivity contribution is 0.0702. The van der Waals surface area contributed by atoms with E-state index in [4.69, 9.17) is 5.11 Å². The van der Waals surface area contributed by atoms with Gasteiger partial charge in [-0.15, -0.1) is 11.3 Å². The molecule has 0 aliphatic heterocycles. The van der Waals surface area contributed by atoms with E-state index < -0.39 is 5.97 Å². The Labute approximate surface area is 158 Å². The van der Waals surface area contributed by atoms with E-state index in [0.717, 1.165) is 49.0 Å². The second kappa shape index (κ2) is 7.37. The van der Waals surface area contributed by atoms with Crippen LogP contribution >= 0.6 is 11.3 Å². The van der Waals surface area contributed by atoms with Crippen molar-refractivity contribution < 1.29 is 15.0 Å². The molecule has 1 aromatic carbocycles. The van der Waals surface area contributed by atoms with Crippen molar-refractivity contribution in [3.8, 4) is 0 Å². The predicted octanol–water partition coefficient (Wildman–Crippen LogP) is 5.24. The van der Waals surface area contributed by atoms with Crippen molar-refractivity contribution in [3.63, 3.8) is 0 Å². The molecule has 0 bridgehead atoms. The fourth-order valence-corrected chi connectivity index (χ4v) is 5.23. The number of carboxylic acid groups (broad SMARTS) is 1. The SMILES string of the molecule is O=C(O)c1ccc(CCC[C@H]2CCC=C2c2ccc3c(c2)CCC3O)s1. The zero-order valence-electron chi connectivity index (χ0n) is 14.8. The Morgan fingerprint density at radius 3 is 2.88 bits per heavy atom. The van der Waals surface area contributed by atoms with Crippen molar-refractivity contribution >= 4 is 22.9 Å². The molecule has 0 fully saturated rings. The number of hydrogen-bond acceptors (Lipinski definition) is 3. The minimum Gasteiger partial charge on any atom is -0.477 e. The number of hydrogen-bond donors (Lipinski definition) is 2. The van der Waals surface area contributed by atoms with Gasteiger partial charge >= 0.3 is 5.97 Å². The number of thiophene rings is 1. The molecule has 1 aromatic heterocycles. The molecular weight excluding hydrogens is 344 g/mol. The number of fused-ring (bicyclic) bond motifs is 1. The van der Waals surface area contributed by atoms with Crippen LogP contribution in [-0.2, 0) is 12.8 Å². The maximum Gasteiger partial charge on any atom is 0.345 e. The van der Waals surface area contributed by atoms with Gasteiger partial charge in [-0.25, -0.2) is 4.79 Å². The van der Waals surface area contributed by atoms with E-state index in [1.54, 1.807) is 6.07 Å². The molecule has 0 amide bonds. The topological polar surface area (TPSA) is 57.5 Å². The molecule has 136 valence electrons. The first-order valence-corrected chi connectivity index (χ1v) is 10.3. The van der Waals surface area contributed by atoms with E-state index in [0.29, 0.717) is 10.8 Å². The highest BCUT2D eigenvalue weighted by Gasteiger charge is 2.24. The number of carboxylic acids is 1. The van der Waals surface area contributed by atoms with Crippen LogP contribution in [0, 0.1) is 5.92 Å². The van der Waals surface area contributed by atoms with E-state index in [1.807, 2.05) is 6.07 Å². The van der Waals surface area contributed by atoms with Crippen molar-refractivity contribution in [3.05, 3.63) is 62.9 Å². The Balaban J connectivity index is 1.38. The molecule has 2 aliphatic rings. The van der Waals surface area contributed by atoms with Gasteiger partial charge in [-0.3, -0.25) is 0 Å². The number of aromatic carboxylic acids is 1. The van der Waals surface area contributed by atoms with E-state index in [-0.39, 0.29) is 6.10 Å². The number of aliphatic hydroxyl groups is 1. The monoisotopic (exact) mass is 368 g/mol. The van der Waals surface area contributed by atoms with Crippen LogP contribution in [0.5, 0.6) is 0 Å². The molecule has 1 unspecified atom stereocenters. The van der Waals surface area contributed by atoms with Crippen molar-refractivity contribution in [2.75, 3.05) is 0 Å². The lowest BCUT2D eigenvalue weighted by Gasteiger charge is -2.16. The number of allylic oxidation sites excluding steroid dienone is 2. The van der Waals surface area contributed by atoms with Crippen molar-refractivity contribution in [2.45, 2.75) is 51.0 Å². The molecule has 4 rings (SSSR count). The summed E-state index contributed by atoms with van der Waals surface area (Å²) in [5.41, 5.74) is 5.20. The molecule has 3 nitrogen and oxygen atoms in total. The molecule has 0 spiro atoms. The van der Waals surface area contributed by atoms with Gasteiger partial charge in [0.2, 0.25) is 0 Å². The van der Waals surface area contributed by atoms with Crippen LogP contribution in [-0.4, -0.2) is 16.2 Å². The highest BCUT2D eigenvalue weighted by atomic mass is 32.1. The van der Waals surface area contributed by atoms with Gasteiger partial charge in [-0.1, -0.05) is 24.3 Å². The highest BCUT2D eigenvalue weighted by Crippen LogP contribution is 2.40. The van der Waals surface area contributed by atoms with Crippen LogP contribution in [0.15, 0.2) is 36.4 Å². The Kier molecular flexibility index (Phi) is 4.96. The maximum absolute atomic E-state index is 11.0. The van der Waals surface area contributed by atoms with Crippen molar-refractivity contribution in [1.29, 1.82) is 0 Å². The van der Waals surface area contributed by atoms with Gasteiger partial charge in [0.25, 0.3) is 0 Å². The Morgan fingerprint density at radius 1 is 1.19 bits per heavy atom. The number of benzene rings is 1. The Hall–Kier alpha value is -1.91. The summed E-state index contributed by atoms with van der Waals surface area (Å²) >= 11 is 1.40. The second-order valence-corrected chi connectivity index (χ2v) is 8.53. The minimum atomic E-state index is -0.830. The summed E-state index contributed by atoms with van der Waals surface area (Å²) in [6.45, 7) is 0. The summed E-state index contributed by atoms with van der Waals surface area (Å²) in [5.74, 6) is -0.234. The third-order valence-corrected chi connectivity index (χ3v) is 6.82. The van der Waals surface area contributed by atoms with Gasteiger partial charge in [0, 0.05) is 4.88 Å². The summed E-state index contributed by atoms with van der Waals surface area (Å²) in [4.78, 5) is 12.6. The Bertz CT molecular complexity index is 849. The normalized spacial score (nSPS) is 21.7. The zero-order chi connectivity index (χ0) is 18.1. The van der Waals surface area contributed by atoms with E-state index in [9.17, 15) is 9.90 Å². The summed E-state index contributed by atoms with van der Waals surface area (Å²) in [6.07, 6.45) is 9.46. The van der Waals surface area contributed by atoms with E-state index in [2.05, 4.69) is 24.3 Å². The van der Waals surface area contributed by atoms with Crippen LogP contribution in [0.25, 0.3) is 5.57 Å². The first kappa shape index (κ1) is 17.5. The van der Waals surface area contributed by atoms with Gasteiger partial charge in [0.05, 0.1) is 6.10 Å². The molecule has 0 saturated carbocycles. The van der Waals surface area contributed by atoms with Gasteiger partial charge in [-0.05, 0) is 85.3 Å². The van der Waals surface area contributed by atoms with Gasteiger partial charge in [0.1, 0.15) is 4.88 Å². The second-order valence-electron chi connectivity index (χ2n) is 7.37. The van der Waals surface area contributed by atoms with Crippen molar-refractivity contribution in [2.24, 2.45) is 5.92 Å². The molecule has 2 N–H and O–H groups in total. The molecule has 0 radical (unpaired) electrons. The quantitative estimate of drug-likeness (QED) is 0.733. The zero-order valence-corrected chi connectivity index (χ0v) is 15.6. The molecule has 1 heterocycles. The lowest BCUT2D eigenvalue weighted by atomic mass is 9.89. The largest absolute Gasteiger partial charge is 0.477 e. The number of rotatable bonds is 6.